The normalized spacial score (nSPS) is 19.3. The van der Waals surface area contributed by atoms with Gasteiger partial charge in [0.15, 0.2) is 11.6 Å². The molecular formula is C20H19N4OS+. The minimum Gasteiger partial charge on any atom is -0.321 e. The minimum absolute atomic E-state index is 0.00211. The van der Waals surface area contributed by atoms with E-state index >= 15 is 0 Å². The second-order valence-electron chi connectivity index (χ2n) is 6.54. The van der Waals surface area contributed by atoms with E-state index < -0.39 is 0 Å². The number of amides is 1. The first-order chi connectivity index (χ1) is 12.7. The Balaban J connectivity index is 1.44. The molecule has 2 aromatic carbocycles. The summed E-state index contributed by atoms with van der Waals surface area (Å²) in [6, 6.07) is 17.5. The minimum atomic E-state index is -0.00211. The molecule has 5 nitrogen and oxygen atoms in total. The quantitative estimate of drug-likeness (QED) is 0.748. The molecule has 1 unspecified atom stereocenters. The summed E-state index contributed by atoms with van der Waals surface area (Å²) in [5.74, 6) is -0.00211. The van der Waals surface area contributed by atoms with E-state index in [-0.39, 0.29) is 5.91 Å². The monoisotopic (exact) mass is 363 g/mol. The van der Waals surface area contributed by atoms with E-state index in [2.05, 4.69) is 17.5 Å². The number of nitriles is 1. The van der Waals surface area contributed by atoms with Gasteiger partial charge >= 0.3 is 0 Å². The Labute approximate surface area is 155 Å². The van der Waals surface area contributed by atoms with Crippen molar-refractivity contribution in [2.75, 3.05) is 18.4 Å². The Hall–Kier alpha value is -2.75. The third-order valence-electron chi connectivity index (χ3n) is 4.78. The standard InChI is InChI=1S/C20H18N4OS/c21-12-14-7-9-15(10-8-14)22-19(25)13-24-11-3-5-17(24)20-23-16-4-1-2-6-18(16)26-20/h1-2,4,6-10,17H,3,5,11,13H2,(H,22,25)/p+1/t17-/m0/s1. The van der Waals surface area contributed by atoms with Gasteiger partial charge in [-0.3, -0.25) is 4.79 Å². The number of benzene rings is 2. The largest absolute Gasteiger partial charge is 0.321 e. The molecule has 3 aromatic rings. The van der Waals surface area contributed by atoms with Crippen molar-refractivity contribution in [2.24, 2.45) is 0 Å². The Morgan fingerprint density at radius 2 is 2.08 bits per heavy atom. The summed E-state index contributed by atoms with van der Waals surface area (Å²) < 4.78 is 1.20. The molecule has 6 heteroatoms. The number of aromatic nitrogens is 1. The molecular weight excluding hydrogens is 344 g/mol. The van der Waals surface area contributed by atoms with Crippen LogP contribution in [-0.4, -0.2) is 24.0 Å². The van der Waals surface area contributed by atoms with Crippen LogP contribution in [0.25, 0.3) is 10.2 Å². The number of nitrogens with one attached hydrogen (secondary N) is 2. The highest BCUT2D eigenvalue weighted by molar-refractivity contribution is 7.18. The average molecular weight is 363 g/mol. The summed E-state index contributed by atoms with van der Waals surface area (Å²) in [7, 11) is 0. The number of anilines is 1. The summed E-state index contributed by atoms with van der Waals surface area (Å²) in [5, 5.41) is 12.9. The first-order valence-corrected chi connectivity index (χ1v) is 9.54. The summed E-state index contributed by atoms with van der Waals surface area (Å²) >= 11 is 1.74. The van der Waals surface area contributed by atoms with Crippen molar-refractivity contribution in [3.63, 3.8) is 0 Å². The van der Waals surface area contributed by atoms with Gasteiger partial charge in [0.1, 0.15) is 6.04 Å². The van der Waals surface area contributed by atoms with Crippen molar-refractivity contribution in [2.45, 2.75) is 18.9 Å². The molecule has 1 saturated heterocycles. The van der Waals surface area contributed by atoms with Gasteiger partial charge in [0.05, 0.1) is 28.4 Å². The number of quaternary nitrogens is 1. The highest BCUT2D eigenvalue weighted by atomic mass is 32.1. The number of hydrogen-bond donors (Lipinski definition) is 2. The fourth-order valence-corrected chi connectivity index (χ4v) is 4.66. The van der Waals surface area contributed by atoms with Gasteiger partial charge in [-0.2, -0.15) is 5.26 Å². The molecule has 0 radical (unpaired) electrons. The highest BCUT2D eigenvalue weighted by Crippen LogP contribution is 2.28. The van der Waals surface area contributed by atoms with Gasteiger partial charge in [0.2, 0.25) is 0 Å². The zero-order valence-corrected chi connectivity index (χ0v) is 15.1. The predicted octanol–water partition coefficient (Wildman–Crippen LogP) is 2.53. The SMILES string of the molecule is N#Cc1ccc(NC(=O)C[NH+]2CCC[C@H]2c2nc3ccccc3s2)cc1. The number of carbonyl (C=O) groups is 1. The number of nitrogens with zero attached hydrogens (tertiary/aromatic N) is 2. The van der Waals surface area contributed by atoms with Crippen LogP contribution < -0.4 is 10.2 Å². The molecule has 0 saturated carbocycles. The second kappa shape index (κ2) is 7.24. The van der Waals surface area contributed by atoms with E-state index in [0.29, 0.717) is 18.2 Å². The molecule has 2 atom stereocenters. The maximum absolute atomic E-state index is 12.5. The molecule has 0 spiro atoms. The maximum Gasteiger partial charge on any atom is 0.279 e. The number of para-hydroxylation sites is 1. The van der Waals surface area contributed by atoms with Crippen molar-refractivity contribution in [1.29, 1.82) is 5.26 Å². The first kappa shape index (κ1) is 16.7. The molecule has 0 aliphatic carbocycles. The molecule has 130 valence electrons. The number of fused-ring (bicyclic) bond motifs is 1. The number of hydrogen-bond acceptors (Lipinski definition) is 4. The molecule has 2 N–H and O–H groups in total. The second-order valence-corrected chi connectivity index (χ2v) is 7.60. The Morgan fingerprint density at radius 3 is 2.85 bits per heavy atom. The molecule has 1 aliphatic heterocycles. The summed E-state index contributed by atoms with van der Waals surface area (Å²) in [6.07, 6.45) is 2.18. The summed E-state index contributed by atoms with van der Waals surface area (Å²) in [6.45, 7) is 1.42. The zero-order valence-electron chi connectivity index (χ0n) is 14.2. The van der Waals surface area contributed by atoms with Crippen LogP contribution in [-0.2, 0) is 4.79 Å². The van der Waals surface area contributed by atoms with Gasteiger partial charge < -0.3 is 10.2 Å². The van der Waals surface area contributed by atoms with E-state index in [4.69, 9.17) is 10.2 Å². The van der Waals surface area contributed by atoms with Gasteiger partial charge in [0.25, 0.3) is 5.91 Å². The van der Waals surface area contributed by atoms with E-state index in [9.17, 15) is 4.79 Å². The smallest absolute Gasteiger partial charge is 0.279 e. The highest BCUT2D eigenvalue weighted by Gasteiger charge is 2.33. The molecule has 1 aliphatic rings. The lowest BCUT2D eigenvalue weighted by Gasteiger charge is -2.19. The summed E-state index contributed by atoms with van der Waals surface area (Å²) in [4.78, 5) is 18.5. The predicted molar refractivity (Wildman–Crippen MR) is 102 cm³/mol. The lowest BCUT2D eigenvalue weighted by Crippen LogP contribution is -3.11. The average Bonchev–Trinajstić information content (AvgIpc) is 3.28. The summed E-state index contributed by atoms with van der Waals surface area (Å²) in [5.41, 5.74) is 2.36. The number of rotatable bonds is 4. The maximum atomic E-state index is 12.5. The van der Waals surface area contributed by atoms with E-state index in [1.54, 1.807) is 35.6 Å². The Bertz CT molecular complexity index is 940. The van der Waals surface area contributed by atoms with Gasteiger partial charge in [-0.25, -0.2) is 4.98 Å². The zero-order chi connectivity index (χ0) is 17.9. The number of thiazole rings is 1. The third-order valence-corrected chi connectivity index (χ3v) is 5.93. The van der Waals surface area contributed by atoms with Crippen molar-refractivity contribution in [3.05, 3.63) is 59.1 Å². The van der Waals surface area contributed by atoms with E-state index in [1.165, 1.54) is 9.60 Å². The van der Waals surface area contributed by atoms with E-state index in [1.807, 2.05) is 18.2 Å². The molecule has 1 amide bonds. The van der Waals surface area contributed by atoms with Gasteiger partial charge in [-0.05, 0) is 36.4 Å². The van der Waals surface area contributed by atoms with Crippen molar-refractivity contribution in [1.82, 2.24) is 4.98 Å². The van der Waals surface area contributed by atoms with Crippen LogP contribution in [0.2, 0.25) is 0 Å². The molecule has 0 bridgehead atoms. The lowest BCUT2D eigenvalue weighted by molar-refractivity contribution is -0.910. The van der Waals surface area contributed by atoms with Crippen LogP contribution in [0.4, 0.5) is 5.69 Å². The first-order valence-electron chi connectivity index (χ1n) is 8.73. The topological polar surface area (TPSA) is 70.2 Å². The Morgan fingerprint density at radius 1 is 1.27 bits per heavy atom. The van der Waals surface area contributed by atoms with Crippen LogP contribution in [0.1, 0.15) is 29.5 Å². The molecule has 2 heterocycles. The van der Waals surface area contributed by atoms with Gasteiger partial charge in [-0.15, -0.1) is 11.3 Å². The lowest BCUT2D eigenvalue weighted by atomic mass is 10.2. The van der Waals surface area contributed by atoms with Gasteiger partial charge in [0, 0.05) is 18.5 Å². The van der Waals surface area contributed by atoms with Crippen molar-refractivity contribution < 1.29 is 9.69 Å². The number of carbonyl (C=O) groups excluding carboxylic acids is 1. The van der Waals surface area contributed by atoms with Crippen molar-refractivity contribution >= 4 is 33.1 Å². The van der Waals surface area contributed by atoms with Crippen LogP contribution in [0.5, 0.6) is 0 Å². The molecule has 4 rings (SSSR count). The van der Waals surface area contributed by atoms with Gasteiger partial charge in [-0.1, -0.05) is 12.1 Å². The fourth-order valence-electron chi connectivity index (χ4n) is 3.50. The van der Waals surface area contributed by atoms with Crippen LogP contribution in [0.3, 0.4) is 0 Å². The molecule has 26 heavy (non-hydrogen) atoms. The third kappa shape index (κ3) is 3.45. The van der Waals surface area contributed by atoms with Crippen LogP contribution in [0.15, 0.2) is 48.5 Å². The molecule has 1 fully saturated rings. The number of likely N-dealkylation sites (tertiary alicyclic amines) is 1. The van der Waals surface area contributed by atoms with E-state index in [0.717, 1.165) is 35.6 Å². The molecule has 1 aromatic heterocycles. The Kier molecular flexibility index (Phi) is 4.65. The van der Waals surface area contributed by atoms with Crippen molar-refractivity contribution in [3.8, 4) is 6.07 Å². The fraction of sp³-hybridized carbons (Fsp3) is 0.250. The van der Waals surface area contributed by atoms with Crippen LogP contribution in [0, 0.1) is 11.3 Å². The van der Waals surface area contributed by atoms with Crippen LogP contribution >= 0.6 is 11.3 Å².